The van der Waals surface area contributed by atoms with E-state index in [4.69, 9.17) is 14.5 Å². The Kier molecular flexibility index (Phi) is 7.83. The second-order valence-corrected chi connectivity index (χ2v) is 8.83. The fourth-order valence-corrected chi connectivity index (χ4v) is 4.40. The van der Waals surface area contributed by atoms with Gasteiger partial charge in [0.1, 0.15) is 11.1 Å². The van der Waals surface area contributed by atoms with E-state index in [1.807, 2.05) is 61.5 Å². The van der Waals surface area contributed by atoms with Gasteiger partial charge in [-0.25, -0.2) is 4.98 Å². The molecule has 0 saturated heterocycles. The number of carbonyl (C=O) groups excluding carboxylic acids is 1. The SMILES string of the molecule is COc1ccc(-c2cc(-c3cccnc3)nc(SCC(=O)Nc3ccc(C)cc3)c2C#N)cc1OC. The van der Waals surface area contributed by atoms with E-state index in [1.54, 1.807) is 32.7 Å². The summed E-state index contributed by atoms with van der Waals surface area (Å²) in [6.45, 7) is 1.99. The molecule has 4 rings (SSSR count). The van der Waals surface area contributed by atoms with Crippen LogP contribution in [-0.4, -0.2) is 35.8 Å². The van der Waals surface area contributed by atoms with Crippen molar-refractivity contribution in [3.63, 3.8) is 0 Å². The van der Waals surface area contributed by atoms with Crippen LogP contribution in [0.25, 0.3) is 22.4 Å². The number of nitrogens with zero attached hydrogens (tertiary/aromatic N) is 3. The Morgan fingerprint density at radius 3 is 2.47 bits per heavy atom. The van der Waals surface area contributed by atoms with Gasteiger partial charge in [-0.2, -0.15) is 5.26 Å². The maximum absolute atomic E-state index is 12.7. The molecule has 180 valence electrons. The monoisotopic (exact) mass is 496 g/mol. The maximum atomic E-state index is 12.7. The van der Waals surface area contributed by atoms with Crippen molar-refractivity contribution in [2.24, 2.45) is 0 Å². The Morgan fingerprint density at radius 1 is 1.03 bits per heavy atom. The number of amides is 1. The highest BCUT2D eigenvalue weighted by Gasteiger charge is 2.18. The van der Waals surface area contributed by atoms with E-state index in [1.165, 1.54) is 11.8 Å². The molecule has 0 atom stereocenters. The van der Waals surface area contributed by atoms with Crippen molar-refractivity contribution in [2.45, 2.75) is 11.9 Å². The lowest BCUT2D eigenvalue weighted by Crippen LogP contribution is -2.14. The molecule has 0 unspecified atom stereocenters. The zero-order valence-corrected chi connectivity index (χ0v) is 20.9. The average Bonchev–Trinajstić information content (AvgIpc) is 2.92. The predicted octanol–water partition coefficient (Wildman–Crippen LogP) is 5.74. The molecule has 36 heavy (non-hydrogen) atoms. The zero-order chi connectivity index (χ0) is 25.5. The first-order valence-electron chi connectivity index (χ1n) is 11.1. The highest BCUT2D eigenvalue weighted by Crippen LogP contribution is 2.38. The molecular formula is C28H24N4O3S. The summed E-state index contributed by atoms with van der Waals surface area (Å²) in [5, 5.41) is 13.5. The van der Waals surface area contributed by atoms with Crippen molar-refractivity contribution in [2.75, 3.05) is 25.3 Å². The number of hydrogen-bond donors (Lipinski definition) is 1. The molecule has 0 aliphatic rings. The number of hydrogen-bond acceptors (Lipinski definition) is 7. The van der Waals surface area contributed by atoms with E-state index in [0.717, 1.165) is 22.4 Å². The summed E-state index contributed by atoms with van der Waals surface area (Å²) in [4.78, 5) is 21.6. The third kappa shape index (κ3) is 5.65. The van der Waals surface area contributed by atoms with Gasteiger partial charge in [-0.1, -0.05) is 35.5 Å². The number of ether oxygens (including phenoxy) is 2. The third-order valence-corrected chi connectivity index (χ3v) is 6.40. The maximum Gasteiger partial charge on any atom is 0.234 e. The Balaban J connectivity index is 1.72. The van der Waals surface area contributed by atoms with E-state index >= 15 is 0 Å². The number of aryl methyl sites for hydroxylation is 1. The summed E-state index contributed by atoms with van der Waals surface area (Å²) in [6, 6.07) is 20.9. The molecule has 0 bridgehead atoms. The minimum Gasteiger partial charge on any atom is -0.493 e. The number of benzene rings is 2. The van der Waals surface area contributed by atoms with Gasteiger partial charge in [-0.3, -0.25) is 9.78 Å². The number of anilines is 1. The summed E-state index contributed by atoms with van der Waals surface area (Å²) in [5.41, 5.74) is 5.09. The van der Waals surface area contributed by atoms with Gasteiger partial charge in [0.2, 0.25) is 5.91 Å². The summed E-state index contributed by atoms with van der Waals surface area (Å²) in [6.07, 6.45) is 3.40. The Labute approximate surface area is 214 Å². The van der Waals surface area contributed by atoms with Gasteiger partial charge in [0.25, 0.3) is 0 Å². The Hall–Kier alpha value is -4.35. The van der Waals surface area contributed by atoms with Crippen LogP contribution in [0.15, 0.2) is 78.1 Å². The van der Waals surface area contributed by atoms with Crippen LogP contribution in [0.5, 0.6) is 11.5 Å². The highest BCUT2D eigenvalue weighted by molar-refractivity contribution is 8.00. The van der Waals surface area contributed by atoms with Crippen LogP contribution in [0.4, 0.5) is 5.69 Å². The van der Waals surface area contributed by atoms with Crippen molar-refractivity contribution < 1.29 is 14.3 Å². The van der Waals surface area contributed by atoms with Gasteiger partial charge in [-0.05, 0) is 55.0 Å². The van der Waals surface area contributed by atoms with Crippen LogP contribution in [0, 0.1) is 18.3 Å². The molecule has 0 aliphatic carbocycles. The number of aromatic nitrogens is 2. The molecule has 1 amide bonds. The van der Waals surface area contributed by atoms with Crippen molar-refractivity contribution >= 4 is 23.4 Å². The third-order valence-electron chi connectivity index (χ3n) is 5.43. The molecule has 1 N–H and O–H groups in total. The molecule has 0 radical (unpaired) electrons. The molecule has 2 aromatic carbocycles. The van der Waals surface area contributed by atoms with Crippen LogP contribution in [-0.2, 0) is 4.79 Å². The summed E-state index contributed by atoms with van der Waals surface area (Å²) >= 11 is 1.22. The standard InChI is InChI=1S/C28H24N4O3S/c1-18-6-9-21(10-7-18)31-27(33)17-36-28-23(15-29)22(14-24(32-28)20-5-4-12-30-16-20)19-8-11-25(34-2)26(13-19)35-3/h4-14,16H,17H2,1-3H3,(H,31,33). The minimum absolute atomic E-state index is 0.0947. The predicted molar refractivity (Wildman–Crippen MR) is 141 cm³/mol. The first kappa shape index (κ1) is 24.8. The van der Waals surface area contributed by atoms with Gasteiger partial charge in [0.05, 0.1) is 31.2 Å². The second-order valence-electron chi connectivity index (χ2n) is 7.86. The molecule has 2 heterocycles. The lowest BCUT2D eigenvalue weighted by molar-refractivity contribution is -0.113. The minimum atomic E-state index is -0.186. The van der Waals surface area contributed by atoms with Gasteiger partial charge in [0, 0.05) is 29.2 Å². The van der Waals surface area contributed by atoms with Crippen molar-refractivity contribution in [1.29, 1.82) is 5.26 Å². The molecule has 8 heteroatoms. The largest absolute Gasteiger partial charge is 0.493 e. The number of rotatable bonds is 8. The Morgan fingerprint density at radius 2 is 1.81 bits per heavy atom. The molecule has 0 spiro atoms. The average molecular weight is 497 g/mol. The molecule has 7 nitrogen and oxygen atoms in total. The van der Waals surface area contributed by atoms with Gasteiger partial charge in [0.15, 0.2) is 11.5 Å². The first-order valence-corrected chi connectivity index (χ1v) is 12.1. The number of nitrogens with one attached hydrogen (secondary N) is 1. The number of carbonyl (C=O) groups is 1. The topological polar surface area (TPSA) is 97.1 Å². The molecule has 0 fully saturated rings. The van der Waals surface area contributed by atoms with Gasteiger partial charge >= 0.3 is 0 Å². The summed E-state index contributed by atoms with van der Waals surface area (Å²) < 4.78 is 10.8. The van der Waals surface area contributed by atoms with Crippen LogP contribution in [0.2, 0.25) is 0 Å². The van der Waals surface area contributed by atoms with Crippen molar-refractivity contribution in [1.82, 2.24) is 9.97 Å². The normalized spacial score (nSPS) is 10.4. The van der Waals surface area contributed by atoms with Crippen LogP contribution >= 0.6 is 11.8 Å². The van der Waals surface area contributed by atoms with Crippen LogP contribution < -0.4 is 14.8 Å². The molecule has 4 aromatic rings. The molecule has 0 aliphatic heterocycles. The lowest BCUT2D eigenvalue weighted by Gasteiger charge is -2.14. The molecular weight excluding hydrogens is 472 g/mol. The summed E-state index contributed by atoms with van der Waals surface area (Å²) in [7, 11) is 3.13. The van der Waals surface area contributed by atoms with E-state index < -0.39 is 0 Å². The number of methoxy groups -OCH3 is 2. The summed E-state index contributed by atoms with van der Waals surface area (Å²) in [5.74, 6) is 1.04. The van der Waals surface area contributed by atoms with E-state index in [0.29, 0.717) is 33.3 Å². The number of thioether (sulfide) groups is 1. The van der Waals surface area contributed by atoms with Gasteiger partial charge < -0.3 is 14.8 Å². The number of pyridine rings is 2. The lowest BCUT2D eigenvalue weighted by atomic mass is 9.99. The zero-order valence-electron chi connectivity index (χ0n) is 20.1. The Bertz CT molecular complexity index is 1420. The van der Waals surface area contributed by atoms with Crippen molar-refractivity contribution in [3.05, 3.63) is 84.2 Å². The fraction of sp³-hybridized carbons (Fsp3) is 0.143. The van der Waals surface area contributed by atoms with E-state index in [9.17, 15) is 10.1 Å². The quantitative estimate of drug-likeness (QED) is 0.311. The fourth-order valence-electron chi connectivity index (χ4n) is 3.60. The van der Waals surface area contributed by atoms with E-state index in [2.05, 4.69) is 16.4 Å². The molecule has 2 aromatic heterocycles. The van der Waals surface area contributed by atoms with Crippen LogP contribution in [0.1, 0.15) is 11.1 Å². The first-order chi connectivity index (χ1) is 17.5. The highest BCUT2D eigenvalue weighted by atomic mass is 32.2. The van der Waals surface area contributed by atoms with E-state index in [-0.39, 0.29) is 11.7 Å². The molecule has 0 saturated carbocycles. The second kappa shape index (κ2) is 11.4. The smallest absolute Gasteiger partial charge is 0.234 e. The van der Waals surface area contributed by atoms with Crippen molar-refractivity contribution in [3.8, 4) is 40.0 Å². The number of nitriles is 1. The van der Waals surface area contributed by atoms with Gasteiger partial charge in [-0.15, -0.1) is 0 Å². The van der Waals surface area contributed by atoms with Crippen LogP contribution in [0.3, 0.4) is 0 Å².